The number of hydrogen-bond donors (Lipinski definition) is 2. The van der Waals surface area contributed by atoms with Gasteiger partial charge in [0.05, 0.1) is 11.6 Å². The van der Waals surface area contributed by atoms with Crippen LogP contribution in [0.25, 0.3) is 0 Å². The van der Waals surface area contributed by atoms with Crippen LogP contribution in [0.4, 0.5) is 0 Å². The molecule has 0 aromatic carbocycles. The van der Waals surface area contributed by atoms with E-state index in [-0.39, 0.29) is 12.0 Å². The molecule has 3 N–H and O–H groups in total. The van der Waals surface area contributed by atoms with E-state index in [2.05, 4.69) is 5.32 Å². The van der Waals surface area contributed by atoms with Gasteiger partial charge in [0.1, 0.15) is 0 Å². The molecule has 4 nitrogen and oxygen atoms in total. The second kappa shape index (κ2) is 5.47. The molecule has 1 aliphatic heterocycles. The average Bonchev–Trinajstić information content (AvgIpc) is 2.72. The van der Waals surface area contributed by atoms with E-state index in [1.807, 2.05) is 13.8 Å². The first-order valence-electron chi connectivity index (χ1n) is 5.81. The highest BCUT2D eigenvalue weighted by atomic mass is 16.5. The molecule has 1 rings (SSSR count). The second-order valence-corrected chi connectivity index (χ2v) is 4.17. The molecule has 1 heterocycles. The van der Waals surface area contributed by atoms with E-state index in [1.165, 1.54) is 0 Å². The highest BCUT2D eigenvalue weighted by Gasteiger charge is 2.33. The molecule has 1 saturated heterocycles. The normalized spacial score (nSPS) is 21.9. The van der Waals surface area contributed by atoms with Crippen molar-refractivity contribution in [2.24, 2.45) is 5.73 Å². The van der Waals surface area contributed by atoms with Crippen molar-refractivity contribution in [3.05, 3.63) is 0 Å². The molecule has 0 bridgehead atoms. The molecule has 1 aliphatic rings. The molecule has 0 aromatic rings. The fraction of sp³-hybridized carbons (Fsp3) is 0.909. The maximum absolute atomic E-state index is 11.4. The zero-order chi connectivity index (χ0) is 11.3. The first kappa shape index (κ1) is 12.5. The van der Waals surface area contributed by atoms with Gasteiger partial charge in [0.25, 0.3) is 0 Å². The first-order valence-corrected chi connectivity index (χ1v) is 5.81. The average molecular weight is 214 g/mol. The van der Waals surface area contributed by atoms with Gasteiger partial charge in [-0.3, -0.25) is 4.79 Å². The summed E-state index contributed by atoms with van der Waals surface area (Å²) in [5, 5.41) is 3.27. The van der Waals surface area contributed by atoms with E-state index >= 15 is 0 Å². The van der Waals surface area contributed by atoms with Gasteiger partial charge in [-0.25, -0.2) is 0 Å². The van der Waals surface area contributed by atoms with Gasteiger partial charge in [-0.2, -0.15) is 0 Å². The lowest BCUT2D eigenvalue weighted by molar-refractivity contribution is -0.125. The Hall–Kier alpha value is -0.610. The third-order valence-electron chi connectivity index (χ3n) is 3.37. The van der Waals surface area contributed by atoms with Crippen molar-refractivity contribution in [1.29, 1.82) is 0 Å². The third-order valence-corrected chi connectivity index (χ3v) is 3.37. The van der Waals surface area contributed by atoms with Crippen molar-refractivity contribution in [3.63, 3.8) is 0 Å². The number of rotatable bonds is 6. The van der Waals surface area contributed by atoms with Gasteiger partial charge in [-0.15, -0.1) is 0 Å². The standard InChI is InChI=1S/C11H22N2O2/c1-3-11(4-2,10(12)14)13-8-9-6-5-7-15-9/h9,13H,3-8H2,1-2H3,(H2,12,14). The maximum Gasteiger partial charge on any atom is 0.237 e. The molecule has 1 fully saturated rings. The van der Waals surface area contributed by atoms with Crippen LogP contribution in [0, 0.1) is 0 Å². The van der Waals surface area contributed by atoms with Crippen molar-refractivity contribution in [1.82, 2.24) is 5.32 Å². The third kappa shape index (κ3) is 2.92. The molecular formula is C11H22N2O2. The molecule has 4 heteroatoms. The van der Waals surface area contributed by atoms with Crippen LogP contribution in [-0.2, 0) is 9.53 Å². The number of carbonyl (C=O) groups is 1. The highest BCUT2D eigenvalue weighted by molar-refractivity contribution is 5.84. The van der Waals surface area contributed by atoms with Gasteiger partial charge < -0.3 is 15.8 Å². The number of nitrogens with one attached hydrogen (secondary N) is 1. The Labute approximate surface area is 91.5 Å². The maximum atomic E-state index is 11.4. The molecule has 0 aliphatic carbocycles. The van der Waals surface area contributed by atoms with Gasteiger partial charge in [0.2, 0.25) is 5.91 Å². The zero-order valence-electron chi connectivity index (χ0n) is 9.71. The Bertz CT molecular complexity index is 209. The number of amides is 1. The molecule has 88 valence electrons. The van der Waals surface area contributed by atoms with Gasteiger partial charge >= 0.3 is 0 Å². The molecule has 0 spiro atoms. The first-order chi connectivity index (χ1) is 7.14. The summed E-state index contributed by atoms with van der Waals surface area (Å²) < 4.78 is 5.50. The van der Waals surface area contributed by atoms with Gasteiger partial charge in [0, 0.05) is 13.2 Å². The summed E-state index contributed by atoms with van der Waals surface area (Å²) in [5.41, 5.74) is 4.89. The smallest absolute Gasteiger partial charge is 0.237 e. The van der Waals surface area contributed by atoms with E-state index in [1.54, 1.807) is 0 Å². The lowest BCUT2D eigenvalue weighted by Gasteiger charge is -2.30. The predicted octanol–water partition coefficient (Wildman–Crippen LogP) is 0.799. The van der Waals surface area contributed by atoms with Crippen LogP contribution < -0.4 is 11.1 Å². The minimum absolute atomic E-state index is 0.252. The quantitative estimate of drug-likeness (QED) is 0.687. The van der Waals surface area contributed by atoms with Crippen LogP contribution >= 0.6 is 0 Å². The zero-order valence-corrected chi connectivity index (χ0v) is 9.71. The Morgan fingerprint density at radius 2 is 2.20 bits per heavy atom. The van der Waals surface area contributed by atoms with Crippen LogP contribution in [0.3, 0.4) is 0 Å². The summed E-state index contributed by atoms with van der Waals surface area (Å²) in [6.45, 7) is 5.53. The number of primary amides is 1. The number of hydrogen-bond acceptors (Lipinski definition) is 3. The summed E-state index contributed by atoms with van der Waals surface area (Å²) in [7, 11) is 0. The van der Waals surface area contributed by atoms with Crippen molar-refractivity contribution >= 4 is 5.91 Å². The summed E-state index contributed by atoms with van der Waals surface area (Å²) in [4.78, 5) is 11.4. The van der Waals surface area contributed by atoms with Crippen LogP contribution in [-0.4, -0.2) is 30.7 Å². The molecule has 0 saturated carbocycles. The molecule has 1 amide bonds. The minimum Gasteiger partial charge on any atom is -0.377 e. The van der Waals surface area contributed by atoms with E-state index in [9.17, 15) is 4.79 Å². The summed E-state index contributed by atoms with van der Waals surface area (Å²) in [6.07, 6.45) is 3.91. The van der Waals surface area contributed by atoms with Gasteiger partial charge in [-0.05, 0) is 25.7 Å². The predicted molar refractivity (Wildman–Crippen MR) is 59.5 cm³/mol. The van der Waals surface area contributed by atoms with E-state index < -0.39 is 5.54 Å². The van der Waals surface area contributed by atoms with Gasteiger partial charge in [0.15, 0.2) is 0 Å². The Kier molecular flexibility index (Phi) is 4.54. The van der Waals surface area contributed by atoms with E-state index in [0.717, 1.165) is 38.8 Å². The largest absolute Gasteiger partial charge is 0.377 e. The molecular weight excluding hydrogens is 192 g/mol. The molecule has 1 atom stereocenters. The van der Waals surface area contributed by atoms with Gasteiger partial charge in [-0.1, -0.05) is 13.8 Å². The Balaban J connectivity index is 2.46. The minimum atomic E-state index is -0.550. The topological polar surface area (TPSA) is 64.3 Å². The van der Waals surface area contributed by atoms with Crippen molar-refractivity contribution in [3.8, 4) is 0 Å². The Morgan fingerprint density at radius 3 is 2.60 bits per heavy atom. The van der Waals surface area contributed by atoms with Crippen LogP contribution in [0.5, 0.6) is 0 Å². The second-order valence-electron chi connectivity index (χ2n) is 4.17. The molecule has 0 radical (unpaired) electrons. The highest BCUT2D eigenvalue weighted by Crippen LogP contribution is 2.17. The number of ether oxygens (including phenoxy) is 1. The lowest BCUT2D eigenvalue weighted by Crippen LogP contribution is -2.56. The van der Waals surface area contributed by atoms with E-state index in [0.29, 0.717) is 0 Å². The number of nitrogens with two attached hydrogens (primary N) is 1. The fourth-order valence-electron chi connectivity index (χ4n) is 2.05. The molecule has 15 heavy (non-hydrogen) atoms. The SMILES string of the molecule is CCC(CC)(NCC1CCCO1)C(N)=O. The summed E-state index contributed by atoms with van der Waals surface area (Å²) in [5.74, 6) is -0.259. The molecule has 0 aromatic heterocycles. The van der Waals surface area contributed by atoms with Crippen LogP contribution in [0.1, 0.15) is 39.5 Å². The van der Waals surface area contributed by atoms with E-state index in [4.69, 9.17) is 10.5 Å². The van der Waals surface area contributed by atoms with Crippen molar-refractivity contribution in [2.45, 2.75) is 51.2 Å². The summed E-state index contributed by atoms with van der Waals surface area (Å²) >= 11 is 0. The Morgan fingerprint density at radius 1 is 1.53 bits per heavy atom. The van der Waals surface area contributed by atoms with Crippen molar-refractivity contribution in [2.75, 3.05) is 13.2 Å². The fourth-order valence-corrected chi connectivity index (χ4v) is 2.05. The summed E-state index contributed by atoms with van der Waals surface area (Å²) in [6, 6.07) is 0. The van der Waals surface area contributed by atoms with Crippen LogP contribution in [0.15, 0.2) is 0 Å². The molecule has 1 unspecified atom stereocenters. The van der Waals surface area contributed by atoms with Crippen molar-refractivity contribution < 1.29 is 9.53 Å². The van der Waals surface area contributed by atoms with Crippen LogP contribution in [0.2, 0.25) is 0 Å². The number of carbonyl (C=O) groups excluding carboxylic acids is 1. The monoisotopic (exact) mass is 214 g/mol. The lowest BCUT2D eigenvalue weighted by atomic mass is 9.91.